The molecule has 0 saturated carbocycles. The molecule has 1 aromatic rings. The predicted octanol–water partition coefficient (Wildman–Crippen LogP) is 0.767. The highest BCUT2D eigenvalue weighted by Gasteiger charge is 2.23. The van der Waals surface area contributed by atoms with Gasteiger partial charge in [-0.25, -0.2) is 4.79 Å². The molecule has 20 heavy (non-hydrogen) atoms. The van der Waals surface area contributed by atoms with E-state index in [4.69, 9.17) is 9.52 Å². The molecule has 0 fully saturated rings. The van der Waals surface area contributed by atoms with Crippen molar-refractivity contribution in [1.29, 1.82) is 0 Å². The second-order valence-corrected chi connectivity index (χ2v) is 4.40. The molecule has 1 rings (SSSR count). The van der Waals surface area contributed by atoms with Crippen molar-refractivity contribution in [1.82, 2.24) is 10.6 Å². The van der Waals surface area contributed by atoms with E-state index in [1.54, 1.807) is 0 Å². The van der Waals surface area contributed by atoms with Gasteiger partial charge in [0, 0.05) is 0 Å². The Morgan fingerprint density at radius 1 is 1.35 bits per heavy atom. The van der Waals surface area contributed by atoms with Crippen LogP contribution in [0.5, 0.6) is 0 Å². The van der Waals surface area contributed by atoms with Gasteiger partial charge in [0.25, 0.3) is 5.91 Å². The van der Waals surface area contributed by atoms with Gasteiger partial charge in [-0.2, -0.15) is 0 Å². The van der Waals surface area contributed by atoms with E-state index in [2.05, 4.69) is 10.6 Å². The summed E-state index contributed by atoms with van der Waals surface area (Å²) in [5, 5.41) is 13.8. The van der Waals surface area contributed by atoms with Crippen LogP contribution in [0.1, 0.15) is 37.0 Å². The molecule has 3 N–H and O–H groups in total. The highest BCUT2D eigenvalue weighted by Crippen LogP contribution is 2.01. The molecule has 0 saturated heterocycles. The van der Waals surface area contributed by atoms with Crippen LogP contribution in [0.15, 0.2) is 23.0 Å². The third-order valence-electron chi connectivity index (χ3n) is 2.72. The van der Waals surface area contributed by atoms with E-state index in [1.807, 2.05) is 6.92 Å². The van der Waals surface area contributed by atoms with Crippen LogP contribution >= 0.6 is 0 Å². The van der Waals surface area contributed by atoms with Gasteiger partial charge in [-0.15, -0.1) is 0 Å². The van der Waals surface area contributed by atoms with Crippen LogP contribution in [0, 0.1) is 0 Å². The van der Waals surface area contributed by atoms with Gasteiger partial charge in [-0.05, 0) is 19.4 Å². The Bertz CT molecular complexity index is 469. The topological polar surface area (TPSA) is 109 Å². The molecule has 7 nitrogen and oxygen atoms in total. The molecule has 0 aliphatic carbocycles. The van der Waals surface area contributed by atoms with Crippen LogP contribution in [0.4, 0.5) is 0 Å². The molecule has 7 heteroatoms. The third-order valence-corrected chi connectivity index (χ3v) is 2.72. The fraction of sp³-hybridized carbons (Fsp3) is 0.462. The Hall–Kier alpha value is -2.31. The number of nitrogens with one attached hydrogen (secondary N) is 2. The largest absolute Gasteiger partial charge is 0.480 e. The maximum Gasteiger partial charge on any atom is 0.326 e. The Kier molecular flexibility index (Phi) is 5.76. The first-order valence-corrected chi connectivity index (χ1v) is 6.32. The Morgan fingerprint density at radius 2 is 2.05 bits per heavy atom. The lowest BCUT2D eigenvalue weighted by Gasteiger charge is -2.18. The number of hydrogen-bond donors (Lipinski definition) is 3. The smallest absolute Gasteiger partial charge is 0.326 e. The standard InChI is InChI=1S/C13H18N2O5/c1-3-4-10(13(18)19)15-11(16)8(2)14-12(17)9-5-6-20-7-9/h5-8,10H,3-4H2,1-2H3,(H,14,17)(H,15,16)(H,18,19). The van der Waals surface area contributed by atoms with E-state index in [9.17, 15) is 14.4 Å². The molecule has 110 valence electrons. The molecule has 2 amide bonds. The van der Waals surface area contributed by atoms with Gasteiger partial charge in [0.15, 0.2) is 0 Å². The fourth-order valence-electron chi connectivity index (χ4n) is 1.58. The van der Waals surface area contributed by atoms with Crippen molar-refractivity contribution < 1.29 is 23.9 Å². The van der Waals surface area contributed by atoms with Crippen LogP contribution < -0.4 is 10.6 Å². The van der Waals surface area contributed by atoms with E-state index >= 15 is 0 Å². The molecular weight excluding hydrogens is 264 g/mol. The van der Waals surface area contributed by atoms with Gasteiger partial charge in [0.1, 0.15) is 18.3 Å². The first kappa shape index (κ1) is 15.7. The van der Waals surface area contributed by atoms with Gasteiger partial charge >= 0.3 is 5.97 Å². The second-order valence-electron chi connectivity index (χ2n) is 4.40. The summed E-state index contributed by atoms with van der Waals surface area (Å²) in [6.45, 7) is 3.31. The number of aliphatic carboxylic acids is 1. The summed E-state index contributed by atoms with van der Waals surface area (Å²) in [7, 11) is 0. The van der Waals surface area contributed by atoms with Gasteiger partial charge in [-0.1, -0.05) is 13.3 Å². The minimum Gasteiger partial charge on any atom is -0.480 e. The highest BCUT2D eigenvalue weighted by molar-refractivity contribution is 5.97. The third kappa shape index (κ3) is 4.42. The van der Waals surface area contributed by atoms with Crippen LogP contribution in [0.25, 0.3) is 0 Å². The van der Waals surface area contributed by atoms with Crippen molar-refractivity contribution >= 4 is 17.8 Å². The molecule has 0 radical (unpaired) electrons. The number of hydrogen-bond acceptors (Lipinski definition) is 4. The molecular formula is C13H18N2O5. The molecule has 1 aromatic heterocycles. The van der Waals surface area contributed by atoms with Crippen molar-refractivity contribution in [3.05, 3.63) is 24.2 Å². The Labute approximate surface area is 116 Å². The number of rotatable bonds is 7. The molecule has 0 spiro atoms. The van der Waals surface area contributed by atoms with E-state index in [1.165, 1.54) is 25.5 Å². The summed E-state index contributed by atoms with van der Waals surface area (Å²) in [5.41, 5.74) is 0.299. The molecule has 1 heterocycles. The second kappa shape index (κ2) is 7.32. The molecule has 0 aromatic carbocycles. The van der Waals surface area contributed by atoms with Gasteiger partial charge in [0.2, 0.25) is 5.91 Å². The maximum absolute atomic E-state index is 11.8. The summed E-state index contributed by atoms with van der Waals surface area (Å²) >= 11 is 0. The summed E-state index contributed by atoms with van der Waals surface area (Å²) < 4.78 is 4.77. The lowest BCUT2D eigenvalue weighted by atomic mass is 10.1. The maximum atomic E-state index is 11.8. The minimum atomic E-state index is -1.09. The summed E-state index contributed by atoms with van der Waals surface area (Å²) in [6, 6.07) is -0.311. The lowest BCUT2D eigenvalue weighted by molar-refractivity contribution is -0.142. The van der Waals surface area contributed by atoms with Crippen LogP contribution in [0.2, 0.25) is 0 Å². The van der Waals surface area contributed by atoms with E-state index in [-0.39, 0.29) is 0 Å². The first-order valence-electron chi connectivity index (χ1n) is 6.32. The zero-order valence-electron chi connectivity index (χ0n) is 11.4. The van der Waals surface area contributed by atoms with Gasteiger partial charge < -0.3 is 20.2 Å². The number of furan rings is 1. The Morgan fingerprint density at radius 3 is 2.55 bits per heavy atom. The average molecular weight is 282 g/mol. The Balaban J connectivity index is 2.54. The van der Waals surface area contributed by atoms with Crippen molar-refractivity contribution in [2.75, 3.05) is 0 Å². The summed E-state index contributed by atoms with van der Waals surface area (Å²) in [4.78, 5) is 34.5. The van der Waals surface area contributed by atoms with Crippen molar-refractivity contribution in [3.8, 4) is 0 Å². The number of amides is 2. The van der Waals surface area contributed by atoms with Gasteiger partial charge in [-0.3, -0.25) is 9.59 Å². The average Bonchev–Trinajstić information content (AvgIpc) is 2.91. The van der Waals surface area contributed by atoms with Crippen molar-refractivity contribution in [2.45, 2.75) is 38.8 Å². The monoisotopic (exact) mass is 282 g/mol. The fourth-order valence-corrected chi connectivity index (χ4v) is 1.58. The summed E-state index contributed by atoms with van der Waals surface area (Å²) in [6.07, 6.45) is 3.58. The SMILES string of the molecule is CCCC(NC(=O)C(C)NC(=O)c1ccoc1)C(=O)O. The lowest BCUT2D eigenvalue weighted by Crippen LogP contribution is -2.50. The van der Waals surface area contributed by atoms with Crippen molar-refractivity contribution in [3.63, 3.8) is 0 Å². The van der Waals surface area contributed by atoms with Gasteiger partial charge in [0.05, 0.1) is 11.8 Å². The zero-order chi connectivity index (χ0) is 15.1. The zero-order valence-corrected chi connectivity index (χ0v) is 11.4. The molecule has 0 aliphatic rings. The number of carbonyl (C=O) groups is 3. The quantitative estimate of drug-likeness (QED) is 0.684. The molecule has 0 aliphatic heterocycles. The van der Waals surface area contributed by atoms with E-state index in [0.29, 0.717) is 18.4 Å². The van der Waals surface area contributed by atoms with Crippen LogP contribution in [0.3, 0.4) is 0 Å². The van der Waals surface area contributed by atoms with Crippen molar-refractivity contribution in [2.24, 2.45) is 0 Å². The molecule has 0 bridgehead atoms. The number of carboxylic acid groups (broad SMARTS) is 1. The summed E-state index contributed by atoms with van der Waals surface area (Å²) in [5.74, 6) is -2.08. The van der Waals surface area contributed by atoms with E-state index < -0.39 is 29.9 Å². The number of carbonyl (C=O) groups excluding carboxylic acids is 2. The predicted molar refractivity (Wildman–Crippen MR) is 70.1 cm³/mol. The minimum absolute atomic E-state index is 0.299. The van der Waals surface area contributed by atoms with E-state index in [0.717, 1.165) is 0 Å². The first-order chi connectivity index (χ1) is 9.45. The molecule has 2 unspecified atom stereocenters. The molecule has 2 atom stereocenters. The van der Waals surface area contributed by atoms with Crippen LogP contribution in [-0.4, -0.2) is 35.0 Å². The highest BCUT2D eigenvalue weighted by atomic mass is 16.4. The normalized spacial score (nSPS) is 13.3. The number of carboxylic acids is 1. The van der Waals surface area contributed by atoms with Crippen LogP contribution in [-0.2, 0) is 9.59 Å².